The summed E-state index contributed by atoms with van der Waals surface area (Å²) < 4.78 is 38.0. The van der Waals surface area contributed by atoms with Crippen LogP contribution in [0.1, 0.15) is 16.7 Å². The number of halogens is 3. The van der Waals surface area contributed by atoms with Crippen LogP contribution in [0.4, 0.5) is 13.2 Å². The summed E-state index contributed by atoms with van der Waals surface area (Å²) in [6.07, 6.45) is -4.41. The van der Waals surface area contributed by atoms with Gasteiger partial charge in [-0.3, -0.25) is 0 Å². The summed E-state index contributed by atoms with van der Waals surface area (Å²) in [5.41, 5.74) is 2.02. The number of hydrogen-bond acceptors (Lipinski definition) is 1. The predicted molar refractivity (Wildman–Crippen MR) is 68.0 cm³/mol. The Morgan fingerprint density at radius 3 is 2.16 bits per heavy atom. The first-order valence-corrected chi connectivity index (χ1v) is 5.77. The fourth-order valence-electron chi connectivity index (χ4n) is 1.85. The Balaban J connectivity index is 2.58. The van der Waals surface area contributed by atoms with Crippen LogP contribution in [0, 0.1) is 13.8 Å². The zero-order valence-electron chi connectivity index (χ0n) is 10.5. The van der Waals surface area contributed by atoms with Crippen molar-refractivity contribution in [2.75, 3.05) is 0 Å². The maximum absolute atomic E-state index is 12.7. The number of phenolic OH excluding ortho intramolecular Hbond substituents is 1. The molecular weight excluding hydrogens is 253 g/mol. The lowest BCUT2D eigenvalue weighted by Gasteiger charge is -2.11. The van der Waals surface area contributed by atoms with Gasteiger partial charge in [0.25, 0.3) is 0 Å². The Morgan fingerprint density at radius 1 is 0.895 bits per heavy atom. The molecular formula is C15H13F3O. The van der Waals surface area contributed by atoms with Crippen LogP contribution < -0.4 is 0 Å². The van der Waals surface area contributed by atoms with Gasteiger partial charge in [-0.1, -0.05) is 18.2 Å². The van der Waals surface area contributed by atoms with Crippen molar-refractivity contribution in [3.63, 3.8) is 0 Å². The molecule has 0 spiro atoms. The van der Waals surface area contributed by atoms with E-state index in [2.05, 4.69) is 0 Å². The Hall–Kier alpha value is -1.97. The molecule has 19 heavy (non-hydrogen) atoms. The molecule has 2 aromatic carbocycles. The average Bonchev–Trinajstić information content (AvgIpc) is 2.32. The van der Waals surface area contributed by atoms with E-state index in [9.17, 15) is 18.3 Å². The second-order valence-electron chi connectivity index (χ2n) is 4.53. The summed E-state index contributed by atoms with van der Waals surface area (Å²) in [7, 11) is 0. The van der Waals surface area contributed by atoms with E-state index in [1.807, 2.05) is 19.9 Å². The van der Waals surface area contributed by atoms with Crippen molar-refractivity contribution < 1.29 is 18.3 Å². The summed E-state index contributed by atoms with van der Waals surface area (Å²) in [4.78, 5) is 0. The van der Waals surface area contributed by atoms with Gasteiger partial charge in [-0.05, 0) is 48.7 Å². The lowest BCUT2D eigenvalue weighted by Crippen LogP contribution is -2.04. The monoisotopic (exact) mass is 266 g/mol. The van der Waals surface area contributed by atoms with E-state index in [1.54, 1.807) is 12.1 Å². The number of phenols is 1. The maximum atomic E-state index is 12.7. The summed E-state index contributed by atoms with van der Waals surface area (Å²) in [6.45, 7) is 3.80. The van der Waals surface area contributed by atoms with Crippen LogP contribution in [0.25, 0.3) is 11.1 Å². The molecule has 1 nitrogen and oxygen atoms in total. The molecule has 0 aliphatic heterocycles. The van der Waals surface area contributed by atoms with Crippen molar-refractivity contribution in [1.29, 1.82) is 0 Å². The predicted octanol–water partition coefficient (Wildman–Crippen LogP) is 4.69. The van der Waals surface area contributed by atoms with Crippen LogP contribution in [-0.2, 0) is 6.18 Å². The average molecular weight is 266 g/mol. The van der Waals surface area contributed by atoms with Crippen LogP contribution in [0.2, 0.25) is 0 Å². The van der Waals surface area contributed by atoms with E-state index in [4.69, 9.17) is 0 Å². The van der Waals surface area contributed by atoms with Gasteiger partial charge in [0.2, 0.25) is 0 Å². The Morgan fingerprint density at radius 2 is 1.58 bits per heavy atom. The van der Waals surface area contributed by atoms with Crippen molar-refractivity contribution in [3.8, 4) is 16.9 Å². The molecule has 2 rings (SSSR count). The van der Waals surface area contributed by atoms with Gasteiger partial charge in [0, 0.05) is 5.56 Å². The van der Waals surface area contributed by atoms with Crippen LogP contribution >= 0.6 is 0 Å². The zero-order valence-corrected chi connectivity index (χ0v) is 10.5. The highest BCUT2D eigenvalue weighted by Gasteiger charge is 2.31. The number of benzene rings is 2. The first-order valence-electron chi connectivity index (χ1n) is 5.77. The van der Waals surface area contributed by atoms with E-state index < -0.39 is 11.7 Å². The van der Waals surface area contributed by atoms with Crippen LogP contribution in [-0.4, -0.2) is 5.11 Å². The molecule has 0 atom stereocenters. The minimum absolute atomic E-state index is 0.156. The second-order valence-corrected chi connectivity index (χ2v) is 4.53. The van der Waals surface area contributed by atoms with E-state index >= 15 is 0 Å². The molecule has 0 amide bonds. The van der Waals surface area contributed by atoms with Gasteiger partial charge in [0.1, 0.15) is 5.75 Å². The lowest BCUT2D eigenvalue weighted by atomic mass is 9.98. The van der Waals surface area contributed by atoms with E-state index in [1.165, 1.54) is 0 Å². The quantitative estimate of drug-likeness (QED) is 0.793. The molecule has 0 aromatic heterocycles. The Labute approximate surface area is 109 Å². The third-order valence-corrected chi connectivity index (χ3v) is 3.14. The summed E-state index contributed by atoms with van der Waals surface area (Å²) in [5.74, 6) is -0.156. The molecule has 4 heteroatoms. The first-order chi connectivity index (χ1) is 8.79. The van der Waals surface area contributed by atoms with Gasteiger partial charge >= 0.3 is 6.18 Å². The molecule has 0 radical (unpaired) electrons. The highest BCUT2D eigenvalue weighted by Crippen LogP contribution is 2.37. The van der Waals surface area contributed by atoms with Crippen LogP contribution in [0.5, 0.6) is 5.75 Å². The molecule has 0 fully saturated rings. The fraction of sp³-hybridized carbons (Fsp3) is 0.200. The normalized spacial score (nSPS) is 11.6. The smallest absolute Gasteiger partial charge is 0.416 e. The molecule has 0 bridgehead atoms. The number of alkyl halides is 3. The molecule has 0 heterocycles. The van der Waals surface area contributed by atoms with E-state index in [0.29, 0.717) is 5.56 Å². The van der Waals surface area contributed by atoms with Crippen LogP contribution in [0.15, 0.2) is 36.4 Å². The van der Waals surface area contributed by atoms with Gasteiger partial charge in [-0.25, -0.2) is 0 Å². The molecule has 0 aliphatic carbocycles. The number of rotatable bonds is 1. The van der Waals surface area contributed by atoms with Gasteiger partial charge < -0.3 is 5.11 Å². The van der Waals surface area contributed by atoms with Gasteiger partial charge in [-0.15, -0.1) is 0 Å². The van der Waals surface area contributed by atoms with Crippen molar-refractivity contribution >= 4 is 0 Å². The highest BCUT2D eigenvalue weighted by molar-refractivity contribution is 5.71. The molecule has 0 aliphatic rings. The first kappa shape index (κ1) is 13.5. The second kappa shape index (κ2) is 4.61. The summed E-state index contributed by atoms with van der Waals surface area (Å²) in [6, 6.07) is 8.22. The van der Waals surface area contributed by atoms with Crippen molar-refractivity contribution in [1.82, 2.24) is 0 Å². The maximum Gasteiger partial charge on any atom is 0.416 e. The molecule has 2 aromatic rings. The Bertz CT molecular complexity index is 615. The summed E-state index contributed by atoms with van der Waals surface area (Å²) >= 11 is 0. The van der Waals surface area contributed by atoms with Gasteiger partial charge in [0.05, 0.1) is 5.56 Å². The largest absolute Gasteiger partial charge is 0.507 e. The van der Waals surface area contributed by atoms with E-state index in [-0.39, 0.29) is 11.3 Å². The molecule has 1 N–H and O–H groups in total. The minimum atomic E-state index is -4.41. The number of hydrogen-bond donors (Lipinski definition) is 1. The fourth-order valence-corrected chi connectivity index (χ4v) is 1.85. The zero-order chi connectivity index (χ0) is 14.2. The molecule has 0 saturated heterocycles. The SMILES string of the molecule is Cc1ccc(-c2cc(C(F)(F)F)ccc2O)cc1C. The molecule has 100 valence electrons. The topological polar surface area (TPSA) is 20.2 Å². The highest BCUT2D eigenvalue weighted by atomic mass is 19.4. The van der Waals surface area contributed by atoms with Crippen molar-refractivity contribution in [2.24, 2.45) is 0 Å². The summed E-state index contributed by atoms with van der Waals surface area (Å²) in [5, 5.41) is 9.75. The number of aromatic hydroxyl groups is 1. The van der Waals surface area contributed by atoms with Crippen molar-refractivity contribution in [2.45, 2.75) is 20.0 Å². The third-order valence-electron chi connectivity index (χ3n) is 3.14. The Kier molecular flexibility index (Phi) is 3.27. The molecule has 0 unspecified atom stereocenters. The lowest BCUT2D eigenvalue weighted by molar-refractivity contribution is -0.137. The third kappa shape index (κ3) is 2.72. The van der Waals surface area contributed by atoms with Crippen LogP contribution in [0.3, 0.4) is 0 Å². The van der Waals surface area contributed by atoms with E-state index in [0.717, 1.165) is 29.3 Å². The van der Waals surface area contributed by atoms with Gasteiger partial charge in [-0.2, -0.15) is 13.2 Å². The molecule has 0 saturated carbocycles. The minimum Gasteiger partial charge on any atom is -0.507 e. The number of aryl methyl sites for hydroxylation is 2. The van der Waals surface area contributed by atoms with Gasteiger partial charge in [0.15, 0.2) is 0 Å². The van der Waals surface area contributed by atoms with Crippen molar-refractivity contribution in [3.05, 3.63) is 53.1 Å². The standard InChI is InChI=1S/C15H13F3O/c1-9-3-4-11(7-10(9)2)13-8-12(15(16,17)18)5-6-14(13)19/h3-8,19H,1-2H3.